The molecule has 1 aliphatic rings. The third kappa shape index (κ3) is 5.62. The number of methoxy groups -OCH3 is 2. The summed E-state index contributed by atoms with van der Waals surface area (Å²) in [6.07, 6.45) is 1.68. The van der Waals surface area contributed by atoms with Gasteiger partial charge in [0, 0.05) is 25.1 Å². The van der Waals surface area contributed by atoms with Gasteiger partial charge in [0.25, 0.3) is 5.56 Å². The number of benzene rings is 2. The molecule has 8 nitrogen and oxygen atoms in total. The molecule has 0 fully saturated rings. The first kappa shape index (κ1) is 29.6. The third-order valence-corrected chi connectivity index (χ3v) is 9.26. The molecular weight excluding hydrogens is 744 g/mol. The number of allylic oxidation sites excluding steroid dienone is 1. The maximum Gasteiger partial charge on any atom is 0.338 e. The van der Waals surface area contributed by atoms with E-state index in [9.17, 15) is 9.59 Å². The second kappa shape index (κ2) is 12.1. The molecule has 2 aromatic carbocycles. The smallest absolute Gasteiger partial charge is 0.338 e. The van der Waals surface area contributed by atoms with Gasteiger partial charge in [0.05, 0.1) is 42.7 Å². The molecule has 2 aromatic heterocycles. The van der Waals surface area contributed by atoms with Crippen LogP contribution >= 0.6 is 59.1 Å². The van der Waals surface area contributed by atoms with Crippen molar-refractivity contribution in [3.8, 4) is 22.8 Å². The minimum atomic E-state index is -0.827. The molecule has 12 heteroatoms. The fourth-order valence-electron chi connectivity index (χ4n) is 4.56. The molecule has 41 heavy (non-hydrogen) atoms. The highest BCUT2D eigenvalue weighted by atomic mass is 79.9. The Morgan fingerprint density at radius 3 is 2.51 bits per heavy atom. The number of carbonyl (C=O) groups excluding carboxylic acids is 1. The number of hydrogen-bond acceptors (Lipinski definition) is 8. The van der Waals surface area contributed by atoms with Gasteiger partial charge < -0.3 is 18.6 Å². The second-order valence-corrected chi connectivity index (χ2v) is 12.5. The second-order valence-electron chi connectivity index (χ2n) is 8.86. The van der Waals surface area contributed by atoms with Crippen LogP contribution in [0.1, 0.15) is 31.2 Å². The lowest BCUT2D eigenvalue weighted by Crippen LogP contribution is -2.40. The Labute approximate surface area is 264 Å². The minimum Gasteiger partial charge on any atom is -0.493 e. The number of esters is 1. The molecule has 1 aliphatic heterocycles. The molecule has 4 aromatic rings. The molecule has 0 radical (unpaired) electrons. The average molecular weight is 767 g/mol. The Morgan fingerprint density at radius 2 is 1.80 bits per heavy atom. The predicted octanol–water partition coefficient (Wildman–Crippen LogP) is 6.36. The molecule has 3 heterocycles. The first-order valence-corrected chi connectivity index (χ1v) is 15.5. The van der Waals surface area contributed by atoms with Gasteiger partial charge >= 0.3 is 5.97 Å². The van der Waals surface area contributed by atoms with Gasteiger partial charge in [-0.05, 0) is 61.9 Å². The van der Waals surface area contributed by atoms with E-state index in [-0.39, 0.29) is 17.7 Å². The van der Waals surface area contributed by atoms with Crippen molar-refractivity contribution in [2.45, 2.75) is 19.9 Å². The van der Waals surface area contributed by atoms with Gasteiger partial charge in [-0.2, -0.15) is 0 Å². The zero-order valence-corrected chi connectivity index (χ0v) is 27.9. The third-order valence-electron chi connectivity index (χ3n) is 6.41. The molecule has 1 atom stereocenters. The van der Waals surface area contributed by atoms with Crippen molar-refractivity contribution in [2.75, 3.05) is 20.8 Å². The van der Waals surface area contributed by atoms with Crippen LogP contribution in [0.3, 0.4) is 0 Å². The summed E-state index contributed by atoms with van der Waals surface area (Å²) in [5.41, 5.74) is 1.89. The van der Waals surface area contributed by atoms with Crippen molar-refractivity contribution < 1.29 is 23.4 Å². The van der Waals surface area contributed by atoms with Crippen LogP contribution < -0.4 is 24.4 Å². The summed E-state index contributed by atoms with van der Waals surface area (Å²) in [6, 6.07) is 12.1. The predicted molar refractivity (Wildman–Crippen MR) is 167 cm³/mol. The Morgan fingerprint density at radius 1 is 1.07 bits per heavy atom. The normalized spacial score (nSPS) is 15.0. The van der Waals surface area contributed by atoms with E-state index in [2.05, 4.69) is 52.8 Å². The number of furan rings is 1. The van der Waals surface area contributed by atoms with E-state index in [4.69, 9.17) is 18.6 Å². The van der Waals surface area contributed by atoms with Crippen LogP contribution in [0.2, 0.25) is 0 Å². The fraction of sp³-hybridized carbons (Fsp3) is 0.207. The van der Waals surface area contributed by atoms with Crippen molar-refractivity contribution in [3.63, 3.8) is 0 Å². The van der Waals surface area contributed by atoms with Crippen molar-refractivity contribution in [1.82, 2.24) is 4.57 Å². The van der Waals surface area contributed by atoms with Gasteiger partial charge in [0.1, 0.15) is 11.5 Å². The van der Waals surface area contributed by atoms with Gasteiger partial charge in [-0.1, -0.05) is 59.1 Å². The zero-order chi connectivity index (χ0) is 29.4. The van der Waals surface area contributed by atoms with E-state index in [0.29, 0.717) is 48.1 Å². The van der Waals surface area contributed by atoms with Crippen molar-refractivity contribution in [3.05, 3.63) is 98.2 Å². The summed E-state index contributed by atoms with van der Waals surface area (Å²) < 4.78 is 26.8. The summed E-state index contributed by atoms with van der Waals surface area (Å²) in [7, 11) is 3.06. The number of aromatic nitrogens is 1. The van der Waals surface area contributed by atoms with Gasteiger partial charge in [-0.25, -0.2) is 9.79 Å². The molecule has 5 rings (SSSR count). The van der Waals surface area contributed by atoms with Gasteiger partial charge in [-0.15, -0.1) is 0 Å². The number of thiazole rings is 1. The largest absolute Gasteiger partial charge is 0.493 e. The Balaban J connectivity index is 1.69. The number of carbonyl (C=O) groups is 1. The number of ether oxygens (including phenoxy) is 3. The average Bonchev–Trinajstić information content (AvgIpc) is 3.53. The molecular formula is C29H23Br3N2O6S. The summed E-state index contributed by atoms with van der Waals surface area (Å²) in [5.74, 6) is 1.55. The first-order chi connectivity index (χ1) is 19.7. The maximum absolute atomic E-state index is 14.0. The quantitative estimate of drug-likeness (QED) is 0.204. The van der Waals surface area contributed by atoms with Crippen LogP contribution in [-0.4, -0.2) is 31.4 Å². The van der Waals surface area contributed by atoms with E-state index >= 15 is 0 Å². The lowest BCUT2D eigenvalue weighted by atomic mass is 9.95. The van der Waals surface area contributed by atoms with Gasteiger partial charge in [0.2, 0.25) is 0 Å². The summed E-state index contributed by atoms with van der Waals surface area (Å²) in [6.45, 7) is 3.64. The number of halogens is 3. The SMILES string of the molecule is CCOC(=O)C1=C(C)N=c2s/c(=C/c3ccc(-c4cc(Br)ccc4Br)o3)c(=O)n2[C@@H]1c1cc(OC)c(OC)cc1Br. The molecule has 0 bridgehead atoms. The standard InChI is InChI=1S/C29H23Br3N2O6S/c1-5-39-28(36)25-14(2)33-29-34(26(25)18-12-22(37-3)23(38-4)13-20(18)32)27(35)24(41-29)11-16-7-9-21(40-16)17-10-15(30)6-8-19(17)31/h6-13,26H,5H2,1-4H3/b24-11+/t26-/m1/s1. The van der Waals surface area contributed by atoms with Crippen molar-refractivity contribution in [2.24, 2.45) is 4.99 Å². The Kier molecular flexibility index (Phi) is 8.74. The molecule has 0 unspecified atom stereocenters. The van der Waals surface area contributed by atoms with E-state index in [1.165, 1.54) is 30.1 Å². The summed E-state index contributed by atoms with van der Waals surface area (Å²) in [4.78, 5) is 32.3. The van der Waals surface area contributed by atoms with E-state index in [1.54, 1.807) is 38.1 Å². The Hall–Kier alpha value is -2.93. The van der Waals surface area contributed by atoms with Crippen LogP contribution in [0.15, 0.2) is 81.4 Å². The highest BCUT2D eigenvalue weighted by molar-refractivity contribution is 9.11. The fourth-order valence-corrected chi connectivity index (χ4v) is 6.92. The first-order valence-electron chi connectivity index (χ1n) is 12.3. The highest BCUT2D eigenvalue weighted by Crippen LogP contribution is 2.41. The zero-order valence-electron chi connectivity index (χ0n) is 22.3. The van der Waals surface area contributed by atoms with E-state index in [0.717, 1.165) is 14.5 Å². The van der Waals surface area contributed by atoms with E-state index in [1.807, 2.05) is 24.3 Å². The lowest BCUT2D eigenvalue weighted by molar-refractivity contribution is -0.139. The van der Waals surface area contributed by atoms with Crippen LogP contribution in [-0.2, 0) is 9.53 Å². The van der Waals surface area contributed by atoms with Crippen LogP contribution in [0.25, 0.3) is 17.4 Å². The number of hydrogen-bond donors (Lipinski definition) is 0. The van der Waals surface area contributed by atoms with Crippen LogP contribution in [0, 0.1) is 0 Å². The van der Waals surface area contributed by atoms with E-state index < -0.39 is 12.0 Å². The molecule has 212 valence electrons. The van der Waals surface area contributed by atoms with Crippen molar-refractivity contribution >= 4 is 71.2 Å². The molecule has 0 spiro atoms. The number of rotatable bonds is 7. The van der Waals surface area contributed by atoms with Gasteiger partial charge in [-0.3, -0.25) is 9.36 Å². The minimum absolute atomic E-state index is 0.175. The molecule has 0 aliphatic carbocycles. The van der Waals surface area contributed by atoms with Crippen LogP contribution in [0.5, 0.6) is 11.5 Å². The summed E-state index contributed by atoms with van der Waals surface area (Å²) >= 11 is 11.9. The molecule has 0 saturated heterocycles. The number of nitrogens with zero attached hydrogens (tertiary/aromatic N) is 2. The molecule has 0 amide bonds. The topological polar surface area (TPSA) is 92.3 Å². The monoisotopic (exact) mass is 764 g/mol. The number of fused-ring (bicyclic) bond motifs is 1. The lowest BCUT2D eigenvalue weighted by Gasteiger charge is -2.26. The highest BCUT2D eigenvalue weighted by Gasteiger charge is 2.35. The maximum atomic E-state index is 14.0. The molecule has 0 saturated carbocycles. The summed E-state index contributed by atoms with van der Waals surface area (Å²) in [5, 5.41) is 0. The van der Waals surface area contributed by atoms with Gasteiger partial charge in [0.15, 0.2) is 16.3 Å². The molecule has 0 N–H and O–H groups in total. The Bertz CT molecular complexity index is 1890. The van der Waals surface area contributed by atoms with Crippen LogP contribution in [0.4, 0.5) is 0 Å². The van der Waals surface area contributed by atoms with Crippen molar-refractivity contribution in [1.29, 1.82) is 0 Å².